The molecule has 2 rings (SSSR count). The number of benzene rings is 2. The topological polar surface area (TPSA) is 34.1 Å². The van der Waals surface area contributed by atoms with Crippen LogP contribution in [0.2, 0.25) is 5.02 Å². The molecule has 2 nitrogen and oxygen atoms in total. The average Bonchev–Trinajstić information content (AvgIpc) is 2.44. The van der Waals surface area contributed by atoms with E-state index >= 15 is 0 Å². The first-order valence-electron chi connectivity index (χ1n) is 6.06. The minimum atomic E-state index is -1.64. The molecule has 1 unspecified atom stereocenters. The van der Waals surface area contributed by atoms with E-state index in [0.717, 1.165) is 6.07 Å². The van der Waals surface area contributed by atoms with Gasteiger partial charge in [0.1, 0.15) is 17.4 Å². The van der Waals surface area contributed by atoms with Crippen molar-refractivity contribution >= 4 is 28.2 Å². The predicted molar refractivity (Wildman–Crippen MR) is 77.8 cm³/mol. The highest BCUT2D eigenvalue weighted by Gasteiger charge is 2.14. The summed E-state index contributed by atoms with van der Waals surface area (Å²) in [6.45, 7) is 0. The highest BCUT2D eigenvalue weighted by Crippen LogP contribution is 2.19. The number of carbonyl (C=O) groups is 1. The first-order valence-corrected chi connectivity index (χ1v) is 7.75. The third-order valence-electron chi connectivity index (χ3n) is 2.79. The van der Waals surface area contributed by atoms with Crippen LogP contribution in [0.4, 0.5) is 8.78 Å². The van der Waals surface area contributed by atoms with Crippen molar-refractivity contribution in [2.75, 3.05) is 5.75 Å². The average molecular weight is 329 g/mol. The summed E-state index contributed by atoms with van der Waals surface area (Å²) in [5.41, 5.74) is 0.261. The van der Waals surface area contributed by atoms with E-state index in [0.29, 0.717) is 0 Å². The van der Waals surface area contributed by atoms with Crippen LogP contribution in [0.3, 0.4) is 0 Å². The third-order valence-corrected chi connectivity index (χ3v) is 4.45. The Balaban J connectivity index is 2.04. The van der Waals surface area contributed by atoms with Gasteiger partial charge in [-0.2, -0.15) is 0 Å². The zero-order valence-corrected chi connectivity index (χ0v) is 12.4. The van der Waals surface area contributed by atoms with Crippen LogP contribution in [0, 0.1) is 11.6 Å². The fourth-order valence-corrected chi connectivity index (χ4v) is 3.03. The molecule has 0 aliphatic carbocycles. The Morgan fingerprint density at radius 2 is 1.81 bits per heavy atom. The van der Waals surface area contributed by atoms with Crippen molar-refractivity contribution in [3.05, 3.63) is 64.7 Å². The Kier molecular flexibility index (Phi) is 5.20. The molecule has 0 saturated carbocycles. The first-order chi connectivity index (χ1) is 9.97. The van der Waals surface area contributed by atoms with Gasteiger partial charge in [-0.1, -0.05) is 29.8 Å². The summed E-state index contributed by atoms with van der Waals surface area (Å²) in [7, 11) is -1.64. The molecule has 2 aromatic carbocycles. The molecule has 1 atom stereocenters. The first kappa shape index (κ1) is 15.8. The summed E-state index contributed by atoms with van der Waals surface area (Å²) in [6.07, 6.45) is -0.132. The second-order valence-electron chi connectivity index (χ2n) is 4.37. The Morgan fingerprint density at radius 1 is 1.10 bits per heavy atom. The van der Waals surface area contributed by atoms with Gasteiger partial charge in [-0.05, 0) is 29.8 Å². The van der Waals surface area contributed by atoms with Crippen LogP contribution in [-0.4, -0.2) is 15.7 Å². The van der Waals surface area contributed by atoms with Crippen molar-refractivity contribution in [2.24, 2.45) is 0 Å². The normalized spacial score (nSPS) is 12.1. The van der Waals surface area contributed by atoms with Crippen molar-refractivity contribution in [3.63, 3.8) is 0 Å². The second-order valence-corrected chi connectivity index (χ2v) is 6.23. The van der Waals surface area contributed by atoms with Crippen molar-refractivity contribution in [1.82, 2.24) is 0 Å². The van der Waals surface area contributed by atoms with Crippen LogP contribution >= 0.6 is 11.6 Å². The van der Waals surface area contributed by atoms with Crippen LogP contribution in [0.1, 0.15) is 5.56 Å². The standard InChI is InChI=1S/C15H11ClF2O2S/c16-13-8-12(5-6-15(13)18)21(20)9-11(19)7-10-3-1-2-4-14(10)17/h1-6,8H,7,9H2. The van der Waals surface area contributed by atoms with Crippen molar-refractivity contribution in [1.29, 1.82) is 0 Å². The maximum absolute atomic E-state index is 13.4. The molecule has 0 spiro atoms. The van der Waals surface area contributed by atoms with Crippen molar-refractivity contribution < 1.29 is 17.8 Å². The molecule has 2 aromatic rings. The number of ketones is 1. The third kappa shape index (κ3) is 4.19. The van der Waals surface area contributed by atoms with E-state index in [1.165, 1.54) is 30.3 Å². The summed E-state index contributed by atoms with van der Waals surface area (Å²) in [5, 5.41) is -0.151. The molecule has 0 N–H and O–H groups in total. The van der Waals surface area contributed by atoms with Crippen molar-refractivity contribution in [3.8, 4) is 0 Å². The summed E-state index contributed by atoms with van der Waals surface area (Å²) in [6, 6.07) is 9.56. The highest BCUT2D eigenvalue weighted by molar-refractivity contribution is 7.85. The minimum absolute atomic E-state index is 0.132. The smallest absolute Gasteiger partial charge is 0.150 e. The number of carbonyl (C=O) groups excluding carboxylic acids is 1. The predicted octanol–water partition coefficient (Wildman–Crippen LogP) is 3.54. The SMILES string of the molecule is O=C(Cc1ccccc1F)CS(=O)c1ccc(F)c(Cl)c1. The van der Waals surface area contributed by atoms with Gasteiger partial charge in [0.2, 0.25) is 0 Å². The molecule has 0 aromatic heterocycles. The van der Waals surface area contributed by atoms with Gasteiger partial charge < -0.3 is 0 Å². The molecule has 21 heavy (non-hydrogen) atoms. The van der Waals surface area contributed by atoms with Crippen LogP contribution in [0.5, 0.6) is 0 Å². The molecule has 0 bridgehead atoms. The molecule has 6 heteroatoms. The Hall–Kier alpha value is -1.59. The Morgan fingerprint density at radius 3 is 2.48 bits per heavy atom. The van der Waals surface area contributed by atoms with E-state index < -0.39 is 22.4 Å². The number of halogens is 3. The van der Waals surface area contributed by atoms with Gasteiger partial charge >= 0.3 is 0 Å². The van der Waals surface area contributed by atoms with Gasteiger partial charge in [0.05, 0.1) is 21.6 Å². The summed E-state index contributed by atoms with van der Waals surface area (Å²) >= 11 is 5.60. The number of hydrogen-bond acceptors (Lipinski definition) is 2. The number of hydrogen-bond donors (Lipinski definition) is 0. The molecule has 0 heterocycles. The van der Waals surface area contributed by atoms with E-state index in [9.17, 15) is 17.8 Å². The maximum atomic E-state index is 13.4. The molecule has 0 aliphatic rings. The molecule has 0 fully saturated rings. The Labute approximate surface area is 128 Å². The molecule has 0 amide bonds. The quantitative estimate of drug-likeness (QED) is 0.841. The van der Waals surface area contributed by atoms with Gasteiger partial charge in [0.15, 0.2) is 0 Å². The monoisotopic (exact) mass is 328 g/mol. The number of rotatable bonds is 5. The Bertz CT molecular complexity index is 704. The van der Waals surface area contributed by atoms with Crippen LogP contribution < -0.4 is 0 Å². The van der Waals surface area contributed by atoms with Gasteiger partial charge in [-0.3, -0.25) is 9.00 Å². The van der Waals surface area contributed by atoms with Gasteiger partial charge in [0, 0.05) is 11.3 Å². The zero-order valence-electron chi connectivity index (χ0n) is 10.8. The molecule has 0 aliphatic heterocycles. The fraction of sp³-hybridized carbons (Fsp3) is 0.133. The lowest BCUT2D eigenvalue weighted by Gasteiger charge is -2.04. The summed E-state index contributed by atoms with van der Waals surface area (Å²) in [4.78, 5) is 12.1. The van der Waals surface area contributed by atoms with E-state index in [-0.39, 0.29) is 33.4 Å². The highest BCUT2D eigenvalue weighted by atomic mass is 35.5. The van der Waals surface area contributed by atoms with E-state index in [1.807, 2.05) is 0 Å². The van der Waals surface area contributed by atoms with Gasteiger partial charge in [-0.15, -0.1) is 0 Å². The molecular formula is C15H11ClF2O2S. The van der Waals surface area contributed by atoms with E-state index in [2.05, 4.69) is 0 Å². The fourth-order valence-electron chi connectivity index (χ4n) is 1.75. The van der Waals surface area contributed by atoms with E-state index in [1.54, 1.807) is 6.07 Å². The van der Waals surface area contributed by atoms with Crippen LogP contribution in [-0.2, 0) is 22.0 Å². The lowest BCUT2D eigenvalue weighted by molar-refractivity contribution is -0.116. The largest absolute Gasteiger partial charge is 0.298 e. The van der Waals surface area contributed by atoms with E-state index in [4.69, 9.17) is 11.6 Å². The van der Waals surface area contributed by atoms with Crippen LogP contribution in [0.15, 0.2) is 47.4 Å². The lowest BCUT2D eigenvalue weighted by atomic mass is 10.1. The zero-order chi connectivity index (χ0) is 15.4. The molecule has 110 valence electrons. The van der Waals surface area contributed by atoms with Crippen molar-refractivity contribution in [2.45, 2.75) is 11.3 Å². The molecule has 0 saturated heterocycles. The molecule has 0 radical (unpaired) electrons. The number of Topliss-reactive ketones (excluding diaryl/α,β-unsaturated/α-hetero) is 1. The van der Waals surface area contributed by atoms with Gasteiger partial charge in [0.25, 0.3) is 0 Å². The summed E-state index contributed by atoms with van der Waals surface area (Å²) < 4.78 is 38.4. The minimum Gasteiger partial charge on any atom is -0.298 e. The second kappa shape index (κ2) is 6.91. The maximum Gasteiger partial charge on any atom is 0.150 e. The van der Waals surface area contributed by atoms with Crippen LogP contribution in [0.25, 0.3) is 0 Å². The molecular weight excluding hydrogens is 318 g/mol. The summed E-state index contributed by atoms with van der Waals surface area (Å²) in [5.74, 6) is -1.72. The lowest BCUT2D eigenvalue weighted by Crippen LogP contribution is -2.14. The van der Waals surface area contributed by atoms with Gasteiger partial charge in [-0.25, -0.2) is 8.78 Å².